The Labute approximate surface area is 126 Å². The summed E-state index contributed by atoms with van der Waals surface area (Å²) in [6, 6.07) is 5.47. The molecule has 3 rings (SSSR count). The molecule has 0 aliphatic rings. The molecule has 0 amide bonds. The minimum Gasteiger partial charge on any atom is -0.493 e. The van der Waals surface area contributed by atoms with Crippen LogP contribution in [-0.2, 0) is 13.0 Å². The minimum absolute atomic E-state index is 0.509. The fourth-order valence-corrected chi connectivity index (χ4v) is 2.01. The number of hydrogen-bond donors (Lipinski definition) is 0. The minimum atomic E-state index is 0.509. The number of methoxy groups -OCH3 is 2. The molecule has 0 spiro atoms. The van der Waals surface area contributed by atoms with Crippen LogP contribution in [0.25, 0.3) is 11.4 Å². The zero-order chi connectivity index (χ0) is 15.4. The van der Waals surface area contributed by atoms with Gasteiger partial charge >= 0.3 is 0 Å². The third kappa shape index (κ3) is 2.90. The summed E-state index contributed by atoms with van der Waals surface area (Å²) in [5, 5.41) is 8.01. The summed E-state index contributed by atoms with van der Waals surface area (Å²) in [6.07, 6.45) is 3.72. The van der Waals surface area contributed by atoms with E-state index in [1.165, 1.54) is 6.33 Å². The molecule has 0 radical (unpaired) electrons. The van der Waals surface area contributed by atoms with Gasteiger partial charge in [0.2, 0.25) is 11.7 Å². The molecule has 0 aliphatic heterocycles. The highest BCUT2D eigenvalue weighted by atomic mass is 16.5. The lowest BCUT2D eigenvalue weighted by molar-refractivity contribution is 0.355. The van der Waals surface area contributed by atoms with Gasteiger partial charge in [0.15, 0.2) is 11.5 Å². The first-order valence-corrected chi connectivity index (χ1v) is 6.67. The van der Waals surface area contributed by atoms with E-state index in [0.717, 1.165) is 5.56 Å². The molecule has 0 bridgehead atoms. The number of nitrogens with zero attached hydrogens (tertiary/aromatic N) is 5. The van der Waals surface area contributed by atoms with E-state index in [1.54, 1.807) is 31.3 Å². The molecule has 2 heterocycles. The van der Waals surface area contributed by atoms with Gasteiger partial charge in [0.05, 0.1) is 20.8 Å². The van der Waals surface area contributed by atoms with Crippen LogP contribution in [0.5, 0.6) is 11.5 Å². The molecule has 0 saturated carbocycles. The van der Waals surface area contributed by atoms with Gasteiger partial charge in [-0.25, -0.2) is 4.98 Å². The first kappa shape index (κ1) is 14.1. The van der Waals surface area contributed by atoms with E-state index in [9.17, 15) is 0 Å². The average Bonchev–Trinajstić information content (AvgIpc) is 3.23. The zero-order valence-corrected chi connectivity index (χ0v) is 12.3. The SMILES string of the molecule is COc1ccc(-c2noc(CCn3cncn3)n2)cc1OC. The second-order valence-electron chi connectivity index (χ2n) is 4.49. The van der Waals surface area contributed by atoms with Crippen molar-refractivity contribution in [1.29, 1.82) is 0 Å². The van der Waals surface area contributed by atoms with Crippen LogP contribution < -0.4 is 9.47 Å². The molecule has 2 aromatic heterocycles. The molecule has 8 heteroatoms. The normalized spacial score (nSPS) is 10.6. The first-order chi connectivity index (χ1) is 10.8. The smallest absolute Gasteiger partial charge is 0.228 e. The second-order valence-corrected chi connectivity index (χ2v) is 4.49. The quantitative estimate of drug-likeness (QED) is 0.683. The van der Waals surface area contributed by atoms with Gasteiger partial charge in [0.25, 0.3) is 0 Å². The van der Waals surface area contributed by atoms with Crippen molar-refractivity contribution in [3.8, 4) is 22.9 Å². The molecule has 114 valence electrons. The largest absolute Gasteiger partial charge is 0.493 e. The number of benzene rings is 1. The topological polar surface area (TPSA) is 88.1 Å². The molecule has 0 fully saturated rings. The van der Waals surface area contributed by atoms with Crippen molar-refractivity contribution >= 4 is 0 Å². The van der Waals surface area contributed by atoms with Gasteiger partial charge in [-0.15, -0.1) is 0 Å². The third-order valence-corrected chi connectivity index (χ3v) is 3.13. The Morgan fingerprint density at radius 2 is 2.05 bits per heavy atom. The van der Waals surface area contributed by atoms with Crippen molar-refractivity contribution in [2.75, 3.05) is 14.2 Å². The maximum atomic E-state index is 5.27. The number of rotatable bonds is 6. The van der Waals surface area contributed by atoms with Gasteiger partial charge in [-0.3, -0.25) is 4.68 Å². The second kappa shape index (κ2) is 6.25. The van der Waals surface area contributed by atoms with Crippen molar-refractivity contribution in [1.82, 2.24) is 24.9 Å². The van der Waals surface area contributed by atoms with Crippen molar-refractivity contribution in [3.05, 3.63) is 36.7 Å². The molecule has 0 atom stereocenters. The van der Waals surface area contributed by atoms with Gasteiger partial charge in [-0.2, -0.15) is 10.1 Å². The van der Waals surface area contributed by atoms with Crippen LogP contribution in [0.15, 0.2) is 35.4 Å². The maximum absolute atomic E-state index is 5.27. The summed E-state index contributed by atoms with van der Waals surface area (Å²) < 4.78 is 17.4. The van der Waals surface area contributed by atoms with Crippen LogP contribution in [0.2, 0.25) is 0 Å². The highest BCUT2D eigenvalue weighted by molar-refractivity contribution is 5.60. The molecule has 0 N–H and O–H groups in total. The number of aromatic nitrogens is 5. The van der Waals surface area contributed by atoms with Crippen LogP contribution in [0.4, 0.5) is 0 Å². The van der Waals surface area contributed by atoms with E-state index in [4.69, 9.17) is 14.0 Å². The summed E-state index contributed by atoms with van der Waals surface area (Å²) in [7, 11) is 3.18. The van der Waals surface area contributed by atoms with Crippen LogP contribution in [0.1, 0.15) is 5.89 Å². The summed E-state index contributed by atoms with van der Waals surface area (Å²) in [4.78, 5) is 8.26. The molecular formula is C14H15N5O3. The summed E-state index contributed by atoms with van der Waals surface area (Å²) in [5.41, 5.74) is 0.799. The number of ether oxygens (including phenoxy) is 2. The highest BCUT2D eigenvalue weighted by Gasteiger charge is 2.12. The van der Waals surface area contributed by atoms with Crippen LogP contribution in [0.3, 0.4) is 0 Å². The van der Waals surface area contributed by atoms with Gasteiger partial charge in [0, 0.05) is 12.0 Å². The van der Waals surface area contributed by atoms with Crippen LogP contribution in [-0.4, -0.2) is 39.1 Å². The Hall–Kier alpha value is -2.90. The summed E-state index contributed by atoms with van der Waals surface area (Å²) >= 11 is 0. The molecule has 22 heavy (non-hydrogen) atoms. The van der Waals surface area contributed by atoms with E-state index < -0.39 is 0 Å². The van der Waals surface area contributed by atoms with E-state index >= 15 is 0 Å². The van der Waals surface area contributed by atoms with Crippen LogP contribution in [0, 0.1) is 0 Å². The van der Waals surface area contributed by atoms with Gasteiger partial charge in [-0.1, -0.05) is 5.16 Å². The van der Waals surface area contributed by atoms with Gasteiger partial charge < -0.3 is 14.0 Å². The predicted molar refractivity (Wildman–Crippen MR) is 76.6 cm³/mol. The van der Waals surface area contributed by atoms with Crippen molar-refractivity contribution in [3.63, 3.8) is 0 Å². The standard InChI is InChI=1S/C14H15N5O3/c1-20-11-4-3-10(7-12(11)21-2)14-17-13(22-18-14)5-6-19-9-15-8-16-19/h3-4,7-9H,5-6H2,1-2H3. The van der Waals surface area contributed by atoms with Crippen molar-refractivity contribution < 1.29 is 14.0 Å². The Morgan fingerprint density at radius 1 is 1.18 bits per heavy atom. The lowest BCUT2D eigenvalue weighted by atomic mass is 10.2. The Balaban J connectivity index is 1.75. The predicted octanol–water partition coefficient (Wildman–Crippen LogP) is 1.59. The molecule has 0 saturated heterocycles. The fraction of sp³-hybridized carbons (Fsp3) is 0.286. The molecule has 0 aliphatic carbocycles. The summed E-state index contributed by atoms with van der Waals surface area (Å²) in [6.45, 7) is 0.633. The van der Waals surface area contributed by atoms with Gasteiger partial charge in [-0.05, 0) is 18.2 Å². The lowest BCUT2D eigenvalue weighted by Gasteiger charge is -2.07. The third-order valence-electron chi connectivity index (χ3n) is 3.13. The maximum Gasteiger partial charge on any atom is 0.228 e. The molecule has 0 unspecified atom stereocenters. The van der Waals surface area contributed by atoms with Gasteiger partial charge in [0.1, 0.15) is 12.7 Å². The molecular weight excluding hydrogens is 286 g/mol. The number of aryl methyl sites for hydroxylation is 2. The molecule has 8 nitrogen and oxygen atoms in total. The Morgan fingerprint density at radius 3 is 2.77 bits per heavy atom. The van der Waals surface area contributed by atoms with Crippen molar-refractivity contribution in [2.24, 2.45) is 0 Å². The van der Waals surface area contributed by atoms with E-state index in [0.29, 0.717) is 36.2 Å². The average molecular weight is 301 g/mol. The lowest BCUT2D eigenvalue weighted by Crippen LogP contribution is -2.01. The van der Waals surface area contributed by atoms with E-state index in [1.807, 2.05) is 12.1 Å². The van der Waals surface area contributed by atoms with Crippen molar-refractivity contribution in [2.45, 2.75) is 13.0 Å². The Kier molecular flexibility index (Phi) is 3.99. The molecule has 1 aromatic carbocycles. The monoisotopic (exact) mass is 301 g/mol. The van der Waals surface area contributed by atoms with E-state index in [-0.39, 0.29) is 0 Å². The number of hydrogen-bond acceptors (Lipinski definition) is 7. The van der Waals surface area contributed by atoms with Crippen LogP contribution >= 0.6 is 0 Å². The zero-order valence-electron chi connectivity index (χ0n) is 12.3. The Bertz CT molecular complexity index is 739. The first-order valence-electron chi connectivity index (χ1n) is 6.67. The summed E-state index contributed by atoms with van der Waals surface area (Å²) in [5.74, 6) is 2.32. The van der Waals surface area contributed by atoms with E-state index in [2.05, 4.69) is 20.2 Å². The molecule has 3 aromatic rings. The fourth-order valence-electron chi connectivity index (χ4n) is 2.01. The highest BCUT2D eigenvalue weighted by Crippen LogP contribution is 2.31.